The molecule has 2 aliphatic heterocycles. The molecule has 0 spiro atoms. The van der Waals surface area contributed by atoms with Crippen molar-refractivity contribution in [2.45, 2.75) is 99.4 Å². The summed E-state index contributed by atoms with van der Waals surface area (Å²) in [6.07, 6.45) is 1.93. The molecule has 2 aliphatic rings. The summed E-state index contributed by atoms with van der Waals surface area (Å²) in [5, 5.41) is 10.5. The number of benzene rings is 2. The second-order valence-corrected chi connectivity index (χ2v) is 14.5. The van der Waals surface area contributed by atoms with E-state index in [0.717, 1.165) is 85.9 Å². The minimum Gasteiger partial charge on any atom is -0.494 e. The second-order valence-electron chi connectivity index (χ2n) is 14.5. The fourth-order valence-corrected chi connectivity index (χ4v) is 6.77. The van der Waals surface area contributed by atoms with Crippen molar-refractivity contribution in [1.29, 1.82) is 0 Å². The van der Waals surface area contributed by atoms with Crippen molar-refractivity contribution < 1.29 is 19.4 Å². The van der Waals surface area contributed by atoms with Gasteiger partial charge in [0.05, 0.1) is 17.9 Å². The summed E-state index contributed by atoms with van der Waals surface area (Å²) in [7, 11) is 0. The van der Waals surface area contributed by atoms with Crippen LogP contribution in [0, 0.1) is 19.3 Å². The molecule has 242 valence electrons. The van der Waals surface area contributed by atoms with E-state index in [9.17, 15) is 9.90 Å². The third kappa shape index (κ3) is 7.70. The van der Waals surface area contributed by atoms with E-state index in [1.807, 2.05) is 34.6 Å². The van der Waals surface area contributed by atoms with Gasteiger partial charge in [0.1, 0.15) is 5.75 Å². The number of hydrogen-bond donors (Lipinski definition) is 1. The van der Waals surface area contributed by atoms with Gasteiger partial charge in [-0.25, -0.2) is 4.79 Å². The van der Waals surface area contributed by atoms with Crippen LogP contribution in [0.4, 0.5) is 5.69 Å². The average Bonchev–Trinajstić information content (AvgIpc) is 2.96. The molecule has 2 aromatic carbocycles. The maximum absolute atomic E-state index is 12.8. The number of aromatic nitrogens is 1. The number of fused-ring (bicyclic) bond motifs is 1. The molecule has 0 bridgehead atoms. The van der Waals surface area contributed by atoms with Crippen molar-refractivity contribution in [3.05, 3.63) is 76.1 Å². The summed E-state index contributed by atoms with van der Waals surface area (Å²) in [5.74, 6) is -0.0737. The van der Waals surface area contributed by atoms with Gasteiger partial charge < -0.3 is 19.5 Å². The first-order valence-corrected chi connectivity index (χ1v) is 16.5. The molecule has 1 fully saturated rings. The Kier molecular flexibility index (Phi) is 9.62. The number of piperidine rings is 1. The van der Waals surface area contributed by atoms with E-state index in [2.05, 4.69) is 73.0 Å². The summed E-state index contributed by atoms with van der Waals surface area (Å²) in [6, 6.07) is 15.2. The van der Waals surface area contributed by atoms with Crippen LogP contribution in [-0.4, -0.2) is 52.8 Å². The van der Waals surface area contributed by atoms with Gasteiger partial charge in [0, 0.05) is 55.2 Å². The van der Waals surface area contributed by atoms with Crippen LogP contribution in [0.3, 0.4) is 0 Å². The van der Waals surface area contributed by atoms with Crippen LogP contribution >= 0.6 is 0 Å². The number of rotatable bonds is 9. The van der Waals surface area contributed by atoms with Crippen LogP contribution in [0.15, 0.2) is 42.5 Å². The minimum atomic E-state index is -1.12. The lowest BCUT2D eigenvalue weighted by Gasteiger charge is -2.41. The lowest BCUT2D eigenvalue weighted by Crippen LogP contribution is -2.39. The smallest absolute Gasteiger partial charge is 0.337 e. The molecule has 1 aromatic heterocycles. The van der Waals surface area contributed by atoms with Gasteiger partial charge in [0.15, 0.2) is 6.10 Å². The first-order chi connectivity index (χ1) is 21.2. The Bertz CT molecular complexity index is 1510. The second kappa shape index (κ2) is 13.1. The van der Waals surface area contributed by atoms with Gasteiger partial charge in [-0.3, -0.25) is 9.88 Å². The highest BCUT2D eigenvalue weighted by atomic mass is 16.5. The maximum Gasteiger partial charge on any atom is 0.337 e. The first kappa shape index (κ1) is 33.0. The molecule has 0 saturated carbocycles. The predicted molar refractivity (Wildman–Crippen MR) is 181 cm³/mol. The highest BCUT2D eigenvalue weighted by Gasteiger charge is 2.36. The van der Waals surface area contributed by atoms with Crippen molar-refractivity contribution in [1.82, 2.24) is 9.88 Å². The molecular weight excluding hydrogens is 562 g/mol. The van der Waals surface area contributed by atoms with E-state index < -0.39 is 17.7 Å². The maximum atomic E-state index is 12.8. The number of aryl methyl sites for hydroxylation is 2. The lowest BCUT2D eigenvalue weighted by atomic mass is 9.81. The Morgan fingerprint density at radius 2 is 1.69 bits per heavy atom. The number of nitrogens with zero attached hydrogens (tertiary/aromatic N) is 3. The molecule has 3 heterocycles. The first-order valence-electron chi connectivity index (χ1n) is 16.5. The summed E-state index contributed by atoms with van der Waals surface area (Å²) in [4.78, 5) is 22.7. The molecule has 3 aromatic rings. The predicted octanol–water partition coefficient (Wildman–Crippen LogP) is 7.89. The highest BCUT2D eigenvalue weighted by Crippen LogP contribution is 2.45. The van der Waals surface area contributed by atoms with Crippen molar-refractivity contribution in [3.63, 3.8) is 0 Å². The van der Waals surface area contributed by atoms with Gasteiger partial charge in [-0.1, -0.05) is 44.2 Å². The zero-order valence-electron chi connectivity index (χ0n) is 28.5. The van der Waals surface area contributed by atoms with E-state index in [4.69, 9.17) is 14.5 Å². The van der Waals surface area contributed by atoms with Gasteiger partial charge in [-0.15, -0.1) is 0 Å². The molecule has 0 unspecified atom stereocenters. The number of carboxylic acids is 1. The van der Waals surface area contributed by atoms with Gasteiger partial charge in [0.25, 0.3) is 0 Å². The highest BCUT2D eigenvalue weighted by molar-refractivity contribution is 5.88. The van der Waals surface area contributed by atoms with Crippen molar-refractivity contribution in [2.24, 2.45) is 5.41 Å². The number of aliphatic carboxylic acids is 1. The summed E-state index contributed by atoms with van der Waals surface area (Å²) < 4.78 is 11.9. The summed E-state index contributed by atoms with van der Waals surface area (Å²) >= 11 is 0. The Morgan fingerprint density at radius 1 is 1.00 bits per heavy atom. The number of pyridine rings is 1. The molecule has 1 atom stereocenters. The Labute approximate surface area is 269 Å². The fourth-order valence-electron chi connectivity index (χ4n) is 6.77. The molecule has 1 saturated heterocycles. The van der Waals surface area contributed by atoms with Crippen LogP contribution < -0.4 is 9.64 Å². The van der Waals surface area contributed by atoms with Gasteiger partial charge in [0.2, 0.25) is 0 Å². The number of hydrogen-bond acceptors (Lipinski definition) is 6. The minimum absolute atomic E-state index is 0.255. The average molecular weight is 614 g/mol. The zero-order valence-corrected chi connectivity index (χ0v) is 28.5. The summed E-state index contributed by atoms with van der Waals surface area (Å²) in [5.41, 5.74) is 9.01. The molecule has 0 aliphatic carbocycles. The summed E-state index contributed by atoms with van der Waals surface area (Å²) in [6.45, 7) is 21.5. The Balaban J connectivity index is 1.52. The number of carboxylic acid groups (broad SMARTS) is 1. The molecule has 0 amide bonds. The molecule has 5 rings (SSSR count). The lowest BCUT2D eigenvalue weighted by molar-refractivity contribution is -0.160. The van der Waals surface area contributed by atoms with E-state index in [-0.39, 0.29) is 5.41 Å². The van der Waals surface area contributed by atoms with E-state index in [0.29, 0.717) is 12.2 Å². The van der Waals surface area contributed by atoms with Gasteiger partial charge in [-0.05, 0) is 101 Å². The topological polar surface area (TPSA) is 75.1 Å². The monoisotopic (exact) mass is 613 g/mol. The van der Waals surface area contributed by atoms with Crippen LogP contribution in [0.25, 0.3) is 11.1 Å². The third-order valence-corrected chi connectivity index (χ3v) is 9.20. The fraction of sp³-hybridized carbons (Fsp3) is 0.526. The van der Waals surface area contributed by atoms with E-state index in [1.54, 1.807) is 0 Å². The molecule has 1 N–H and O–H groups in total. The number of anilines is 1. The molecule has 0 radical (unpaired) electrons. The van der Waals surface area contributed by atoms with Crippen LogP contribution in [0.1, 0.15) is 94.1 Å². The largest absolute Gasteiger partial charge is 0.494 e. The number of carbonyl (C=O) groups is 1. The van der Waals surface area contributed by atoms with Crippen molar-refractivity contribution in [3.8, 4) is 16.9 Å². The Morgan fingerprint density at radius 3 is 2.31 bits per heavy atom. The van der Waals surface area contributed by atoms with Crippen LogP contribution in [0.2, 0.25) is 0 Å². The van der Waals surface area contributed by atoms with Gasteiger partial charge >= 0.3 is 5.97 Å². The van der Waals surface area contributed by atoms with Crippen LogP contribution in [0.5, 0.6) is 5.75 Å². The zero-order chi connectivity index (χ0) is 32.5. The van der Waals surface area contributed by atoms with Crippen molar-refractivity contribution >= 4 is 11.7 Å². The molecular formula is C38H51N3O4. The van der Waals surface area contributed by atoms with Gasteiger partial charge in [-0.2, -0.15) is 0 Å². The van der Waals surface area contributed by atoms with E-state index >= 15 is 0 Å². The SMILES string of the molecule is CCOc1ccc(CN2CCc3cc(-c4c(C)nc(C)c([C@H](OC(C)(C)C)C(=O)O)c4N4CCC(C)(C)CC4)ccc3C2)cc1. The molecule has 7 heteroatoms. The van der Waals surface area contributed by atoms with Crippen LogP contribution in [-0.2, 0) is 29.0 Å². The number of ether oxygens (including phenoxy) is 2. The quantitative estimate of drug-likeness (QED) is 0.263. The normalized spacial score (nSPS) is 17.6. The third-order valence-electron chi connectivity index (χ3n) is 9.20. The van der Waals surface area contributed by atoms with E-state index in [1.165, 1.54) is 16.7 Å². The van der Waals surface area contributed by atoms with Crippen molar-refractivity contribution in [2.75, 3.05) is 31.1 Å². The standard InChI is InChI=1S/C38H51N3O4/c1-9-44-31-14-10-27(11-15-31)23-40-19-16-28-22-29(12-13-30(28)24-40)32-25(2)39-26(3)33(35(36(42)43)45-37(4,5)6)34(32)41-20-17-38(7,8)18-21-41/h10-15,22,35H,9,16-21,23-24H2,1-8H3,(H,42,43)/t35-/m0/s1. The molecule has 7 nitrogen and oxygen atoms in total. The Hall–Kier alpha value is -3.42. The molecule has 45 heavy (non-hydrogen) atoms.